The summed E-state index contributed by atoms with van der Waals surface area (Å²) >= 11 is 3.49. The number of benzene rings is 1. The number of nitrogens with zero attached hydrogens (tertiary/aromatic N) is 1. The molecule has 0 radical (unpaired) electrons. The van der Waals surface area contributed by atoms with Crippen molar-refractivity contribution in [3.8, 4) is 5.75 Å². The zero-order chi connectivity index (χ0) is 17.4. The van der Waals surface area contributed by atoms with Gasteiger partial charge in [0.05, 0.1) is 17.1 Å². The van der Waals surface area contributed by atoms with E-state index in [-0.39, 0.29) is 36.2 Å². The van der Waals surface area contributed by atoms with Crippen LogP contribution in [-0.4, -0.2) is 42.9 Å². The summed E-state index contributed by atoms with van der Waals surface area (Å²) in [5.74, 6) is 1.93. The van der Waals surface area contributed by atoms with E-state index in [4.69, 9.17) is 4.74 Å². The fourth-order valence-electron chi connectivity index (χ4n) is 2.84. The van der Waals surface area contributed by atoms with Crippen LogP contribution in [0.25, 0.3) is 0 Å². The Morgan fingerprint density at radius 2 is 2.12 bits per heavy atom. The van der Waals surface area contributed by atoms with E-state index < -0.39 is 0 Å². The first-order valence-electron chi connectivity index (χ1n) is 8.71. The van der Waals surface area contributed by atoms with Crippen LogP contribution < -0.4 is 15.4 Å². The molecule has 1 saturated carbocycles. The van der Waals surface area contributed by atoms with Gasteiger partial charge in [-0.15, -0.1) is 24.0 Å². The highest BCUT2D eigenvalue weighted by Gasteiger charge is 2.25. The monoisotopic (exact) mass is 525 g/mol. The lowest BCUT2D eigenvalue weighted by Gasteiger charge is -2.19. The van der Waals surface area contributed by atoms with Gasteiger partial charge in [-0.05, 0) is 54.8 Å². The van der Waals surface area contributed by atoms with Crippen molar-refractivity contribution >= 4 is 45.9 Å². The first-order chi connectivity index (χ1) is 11.6. The van der Waals surface area contributed by atoms with E-state index in [1.165, 1.54) is 0 Å². The molecule has 0 aromatic heterocycles. The van der Waals surface area contributed by atoms with Crippen molar-refractivity contribution in [1.82, 2.24) is 10.6 Å². The van der Waals surface area contributed by atoms with Gasteiger partial charge in [-0.2, -0.15) is 0 Å². The standard InChI is InChI=1S/C18H28BrN3O2.HI/c1-3-20-18(22-12-14-7-6-9-16(14)23)21-11-13(2)24-17-10-5-4-8-15(17)19;/h4-5,8,10,13-14,16,23H,3,6-7,9,11-12H2,1-2H3,(H2,20,21,22);1H. The van der Waals surface area contributed by atoms with Gasteiger partial charge in [0.15, 0.2) is 5.96 Å². The molecule has 1 aliphatic rings. The first-order valence-corrected chi connectivity index (χ1v) is 9.51. The topological polar surface area (TPSA) is 65.9 Å². The third kappa shape index (κ3) is 7.70. The van der Waals surface area contributed by atoms with Gasteiger partial charge in [0.25, 0.3) is 0 Å². The molecule has 0 heterocycles. The van der Waals surface area contributed by atoms with Gasteiger partial charge in [0, 0.05) is 19.0 Å². The number of para-hydroxylation sites is 1. The van der Waals surface area contributed by atoms with E-state index in [1.807, 2.05) is 38.1 Å². The van der Waals surface area contributed by atoms with Crippen LogP contribution in [0.3, 0.4) is 0 Å². The summed E-state index contributed by atoms with van der Waals surface area (Å²) in [4.78, 5) is 4.60. The molecule has 2 rings (SSSR count). The third-order valence-electron chi connectivity index (χ3n) is 4.17. The Morgan fingerprint density at radius 1 is 1.36 bits per heavy atom. The van der Waals surface area contributed by atoms with Crippen molar-refractivity contribution in [3.05, 3.63) is 28.7 Å². The summed E-state index contributed by atoms with van der Waals surface area (Å²) in [5, 5.41) is 16.5. The van der Waals surface area contributed by atoms with Gasteiger partial charge in [0.2, 0.25) is 0 Å². The van der Waals surface area contributed by atoms with Crippen molar-refractivity contribution in [1.29, 1.82) is 0 Å². The minimum Gasteiger partial charge on any atom is -0.488 e. The molecule has 1 aromatic rings. The second-order valence-corrected chi connectivity index (χ2v) is 7.07. The lowest BCUT2D eigenvalue weighted by molar-refractivity contribution is 0.134. The highest BCUT2D eigenvalue weighted by atomic mass is 127. The molecule has 1 aromatic carbocycles. The van der Waals surface area contributed by atoms with Gasteiger partial charge >= 0.3 is 0 Å². The molecule has 0 spiro atoms. The van der Waals surface area contributed by atoms with Crippen LogP contribution in [0.5, 0.6) is 5.75 Å². The van der Waals surface area contributed by atoms with Crippen molar-refractivity contribution in [2.24, 2.45) is 10.9 Å². The van der Waals surface area contributed by atoms with Gasteiger partial charge in [-0.1, -0.05) is 18.6 Å². The van der Waals surface area contributed by atoms with Crippen molar-refractivity contribution in [2.75, 3.05) is 19.6 Å². The van der Waals surface area contributed by atoms with E-state index in [9.17, 15) is 5.11 Å². The molecular weight excluding hydrogens is 497 g/mol. The second-order valence-electron chi connectivity index (χ2n) is 6.22. The molecule has 142 valence electrons. The quantitative estimate of drug-likeness (QED) is 0.289. The van der Waals surface area contributed by atoms with Gasteiger partial charge in [0.1, 0.15) is 11.9 Å². The number of guanidine groups is 1. The summed E-state index contributed by atoms with van der Waals surface area (Å²) < 4.78 is 6.86. The molecule has 5 nitrogen and oxygen atoms in total. The van der Waals surface area contributed by atoms with Crippen LogP contribution in [0.4, 0.5) is 0 Å². The lowest BCUT2D eigenvalue weighted by Crippen LogP contribution is -2.41. The van der Waals surface area contributed by atoms with Crippen LogP contribution in [0.15, 0.2) is 33.7 Å². The zero-order valence-electron chi connectivity index (χ0n) is 14.9. The van der Waals surface area contributed by atoms with E-state index >= 15 is 0 Å². The number of halogens is 2. The van der Waals surface area contributed by atoms with Gasteiger partial charge in [-0.3, -0.25) is 0 Å². The average molecular weight is 526 g/mol. The predicted molar refractivity (Wildman–Crippen MR) is 117 cm³/mol. The maximum atomic E-state index is 9.92. The van der Waals surface area contributed by atoms with E-state index in [1.54, 1.807) is 0 Å². The molecule has 3 N–H and O–H groups in total. The second kappa shape index (κ2) is 12.0. The normalized spacial score (nSPS) is 21.4. The molecule has 1 aliphatic carbocycles. The molecule has 0 amide bonds. The Bertz CT molecular complexity index is 545. The van der Waals surface area contributed by atoms with E-state index in [2.05, 4.69) is 31.6 Å². The number of aliphatic hydroxyl groups is 1. The summed E-state index contributed by atoms with van der Waals surface area (Å²) in [7, 11) is 0. The fourth-order valence-corrected chi connectivity index (χ4v) is 3.22. The van der Waals surface area contributed by atoms with Crippen LogP contribution in [-0.2, 0) is 0 Å². The Kier molecular flexibility index (Phi) is 10.8. The van der Waals surface area contributed by atoms with Crippen LogP contribution in [0, 0.1) is 5.92 Å². The van der Waals surface area contributed by atoms with Crippen molar-refractivity contribution < 1.29 is 9.84 Å². The van der Waals surface area contributed by atoms with Crippen LogP contribution >= 0.6 is 39.9 Å². The minimum absolute atomic E-state index is 0. The number of rotatable bonds is 7. The fraction of sp³-hybridized carbons (Fsp3) is 0.611. The van der Waals surface area contributed by atoms with E-state index in [0.717, 1.165) is 48.5 Å². The minimum atomic E-state index is -0.182. The van der Waals surface area contributed by atoms with Gasteiger partial charge < -0.3 is 20.5 Å². The Labute approximate surface area is 176 Å². The van der Waals surface area contributed by atoms with Crippen molar-refractivity contribution in [3.63, 3.8) is 0 Å². The highest BCUT2D eigenvalue weighted by Crippen LogP contribution is 2.25. The summed E-state index contributed by atoms with van der Waals surface area (Å²) in [6, 6.07) is 7.82. The maximum absolute atomic E-state index is 9.92. The molecule has 0 aliphatic heterocycles. The largest absolute Gasteiger partial charge is 0.488 e. The Morgan fingerprint density at radius 3 is 2.76 bits per heavy atom. The average Bonchev–Trinajstić information content (AvgIpc) is 2.97. The molecule has 3 atom stereocenters. The van der Waals surface area contributed by atoms with Gasteiger partial charge in [-0.25, -0.2) is 4.99 Å². The maximum Gasteiger partial charge on any atom is 0.191 e. The third-order valence-corrected chi connectivity index (χ3v) is 4.82. The number of aliphatic hydroxyl groups excluding tert-OH is 1. The summed E-state index contributed by atoms with van der Waals surface area (Å²) in [6.07, 6.45) is 2.89. The molecule has 0 saturated heterocycles. The summed E-state index contributed by atoms with van der Waals surface area (Å²) in [6.45, 7) is 6.17. The predicted octanol–water partition coefficient (Wildman–Crippen LogP) is 3.55. The number of ether oxygens (including phenoxy) is 1. The smallest absolute Gasteiger partial charge is 0.191 e. The van der Waals surface area contributed by atoms with Crippen LogP contribution in [0.2, 0.25) is 0 Å². The number of aliphatic imine (C=N–C) groups is 1. The van der Waals surface area contributed by atoms with Crippen LogP contribution in [0.1, 0.15) is 33.1 Å². The lowest BCUT2D eigenvalue weighted by atomic mass is 10.1. The molecule has 25 heavy (non-hydrogen) atoms. The molecule has 1 fully saturated rings. The Hall–Kier alpha value is -0.540. The highest BCUT2D eigenvalue weighted by molar-refractivity contribution is 14.0. The number of hydrogen-bond acceptors (Lipinski definition) is 3. The zero-order valence-corrected chi connectivity index (χ0v) is 18.8. The summed E-state index contributed by atoms with van der Waals surface area (Å²) in [5.41, 5.74) is 0. The SMILES string of the molecule is CCNC(=NCC(C)Oc1ccccc1Br)NCC1CCCC1O.I. The Balaban J connectivity index is 0.00000312. The molecule has 3 unspecified atom stereocenters. The van der Waals surface area contributed by atoms with E-state index in [0.29, 0.717) is 12.5 Å². The molecule has 0 bridgehead atoms. The number of nitrogens with one attached hydrogen (secondary N) is 2. The molecule has 7 heteroatoms. The first kappa shape index (κ1) is 22.5. The molecular formula is C18H29BrIN3O2. The number of hydrogen-bond donors (Lipinski definition) is 3. The van der Waals surface area contributed by atoms with Crippen molar-refractivity contribution in [2.45, 2.75) is 45.3 Å².